The van der Waals surface area contributed by atoms with Crippen molar-refractivity contribution in [3.05, 3.63) is 46.5 Å². The van der Waals surface area contributed by atoms with E-state index < -0.39 is 0 Å². The number of carbonyl (C=O) groups is 2. The minimum Gasteiger partial charge on any atom is -0.507 e. The third-order valence-corrected chi connectivity index (χ3v) is 12.6. The molecule has 2 aromatic carbocycles. The van der Waals surface area contributed by atoms with E-state index in [2.05, 4.69) is 83.1 Å². The van der Waals surface area contributed by atoms with E-state index in [0.29, 0.717) is 47.3 Å². The zero-order valence-corrected chi connectivity index (χ0v) is 33.4. The van der Waals surface area contributed by atoms with E-state index in [1.807, 2.05) is 24.3 Å². The highest BCUT2D eigenvalue weighted by atomic mass is 32.2. The summed E-state index contributed by atoms with van der Waals surface area (Å²) in [6, 6.07) is 7.27. The van der Waals surface area contributed by atoms with E-state index in [1.165, 1.54) is 0 Å². The number of phenols is 2. The molecule has 0 radical (unpaired) electrons. The first kappa shape index (κ1) is 41.8. The second kappa shape index (κ2) is 17.6. The summed E-state index contributed by atoms with van der Waals surface area (Å²) in [6.45, 7) is 25.1. The molecule has 48 heavy (non-hydrogen) atoms. The molecule has 0 aliphatic rings. The molecule has 2 N–H and O–H groups in total. The maximum Gasteiger partial charge on any atom is 0.312 e. The molecule has 2 aromatic rings. The number of hydrogen-bond acceptors (Lipinski definition) is 8. The molecule has 0 heterocycles. The van der Waals surface area contributed by atoms with Gasteiger partial charge in [0, 0.05) is 45.3 Å². The second-order valence-corrected chi connectivity index (χ2v) is 17.8. The van der Waals surface area contributed by atoms with Gasteiger partial charge in [0.25, 0.3) is 0 Å². The van der Waals surface area contributed by atoms with Crippen LogP contribution in [0.1, 0.15) is 144 Å². The number of benzene rings is 2. The van der Waals surface area contributed by atoms with Crippen LogP contribution in [-0.2, 0) is 31.2 Å². The zero-order chi connectivity index (χ0) is 36.5. The molecule has 2 rings (SSSR count). The normalized spacial score (nSPS) is 12.7. The first-order valence-corrected chi connectivity index (χ1v) is 19.9. The van der Waals surface area contributed by atoms with Crippen molar-refractivity contribution in [2.24, 2.45) is 0 Å². The highest BCUT2D eigenvalue weighted by Gasteiger charge is 2.32. The van der Waals surface area contributed by atoms with Crippen LogP contribution in [0.25, 0.3) is 0 Å². The summed E-state index contributed by atoms with van der Waals surface area (Å²) >= 11 is 3.38. The van der Waals surface area contributed by atoms with E-state index in [9.17, 15) is 19.8 Å². The van der Waals surface area contributed by atoms with Crippen LogP contribution in [0.2, 0.25) is 0 Å². The van der Waals surface area contributed by atoms with Crippen molar-refractivity contribution in [2.75, 3.05) is 23.0 Å². The molecule has 0 spiro atoms. The fourth-order valence-corrected chi connectivity index (χ4v) is 7.13. The molecule has 0 aliphatic carbocycles. The highest BCUT2D eigenvalue weighted by molar-refractivity contribution is 8.02. The molecule has 8 heteroatoms. The number of phenolic OH excluding ortho intramolecular Hbond substituents is 2. The van der Waals surface area contributed by atoms with Gasteiger partial charge in [-0.3, -0.25) is 9.59 Å². The Morgan fingerprint density at radius 2 is 0.771 bits per heavy atom. The zero-order valence-electron chi connectivity index (χ0n) is 31.7. The van der Waals surface area contributed by atoms with E-state index in [-0.39, 0.29) is 33.6 Å². The standard InChI is InChI=1S/C40H62O6S2/c1-13-37(5,6)29-23-27(24-30(35(29)43)38(7,8)14-2)45-33(41)17-19-47-21-22-48-20-18-34(42)46-28-25-31(39(9,10)15-3)36(44)32(26-28)40(11,12)16-4/h23-26,43-44H,13-22H2,1-12H3. The molecule has 0 saturated carbocycles. The van der Waals surface area contributed by atoms with Crippen molar-refractivity contribution in [1.29, 1.82) is 0 Å². The van der Waals surface area contributed by atoms with Gasteiger partial charge in [0.05, 0.1) is 12.8 Å². The lowest BCUT2D eigenvalue weighted by molar-refractivity contribution is -0.134. The fraction of sp³-hybridized carbons (Fsp3) is 0.650. The molecular weight excluding hydrogens is 641 g/mol. The average Bonchev–Trinajstić information content (AvgIpc) is 3.03. The van der Waals surface area contributed by atoms with Crippen molar-refractivity contribution in [1.82, 2.24) is 0 Å². The van der Waals surface area contributed by atoms with Gasteiger partial charge in [-0.25, -0.2) is 0 Å². The Labute approximate surface area is 299 Å². The molecule has 0 aromatic heterocycles. The summed E-state index contributed by atoms with van der Waals surface area (Å²) in [5.41, 5.74) is 2.19. The Bertz CT molecular complexity index is 1210. The number of carbonyl (C=O) groups excluding carboxylic acids is 2. The van der Waals surface area contributed by atoms with Crippen molar-refractivity contribution >= 4 is 35.5 Å². The lowest BCUT2D eigenvalue weighted by Crippen LogP contribution is -2.21. The quantitative estimate of drug-likeness (QED) is 0.0849. The summed E-state index contributed by atoms with van der Waals surface area (Å²) < 4.78 is 11.6. The average molecular weight is 703 g/mol. The topological polar surface area (TPSA) is 93.1 Å². The number of rotatable bonds is 19. The summed E-state index contributed by atoms with van der Waals surface area (Å²) in [5, 5.41) is 22.3. The lowest BCUT2D eigenvalue weighted by atomic mass is 9.75. The van der Waals surface area contributed by atoms with Crippen LogP contribution in [0.15, 0.2) is 24.3 Å². The molecule has 0 bridgehead atoms. The second-order valence-electron chi connectivity index (χ2n) is 15.4. The maximum absolute atomic E-state index is 12.8. The van der Waals surface area contributed by atoms with E-state index in [0.717, 1.165) is 59.4 Å². The van der Waals surface area contributed by atoms with Crippen LogP contribution >= 0.6 is 23.5 Å². The lowest BCUT2D eigenvalue weighted by Gasteiger charge is -2.31. The third kappa shape index (κ3) is 11.1. The van der Waals surface area contributed by atoms with E-state index in [1.54, 1.807) is 23.5 Å². The van der Waals surface area contributed by atoms with Crippen LogP contribution in [0.4, 0.5) is 0 Å². The van der Waals surface area contributed by atoms with Crippen molar-refractivity contribution in [3.8, 4) is 23.0 Å². The summed E-state index contributed by atoms with van der Waals surface area (Å²) in [5.74, 6) is 4.01. The minimum absolute atomic E-state index is 0.258. The monoisotopic (exact) mass is 702 g/mol. The maximum atomic E-state index is 12.8. The van der Waals surface area contributed by atoms with Crippen LogP contribution in [0, 0.1) is 0 Å². The Kier molecular flexibility index (Phi) is 15.3. The van der Waals surface area contributed by atoms with Crippen molar-refractivity contribution in [3.63, 3.8) is 0 Å². The van der Waals surface area contributed by atoms with Crippen LogP contribution in [0.5, 0.6) is 23.0 Å². The predicted molar refractivity (Wildman–Crippen MR) is 205 cm³/mol. The first-order chi connectivity index (χ1) is 22.3. The fourth-order valence-electron chi connectivity index (χ4n) is 5.16. The highest BCUT2D eigenvalue weighted by Crippen LogP contribution is 2.45. The van der Waals surface area contributed by atoms with E-state index in [4.69, 9.17) is 9.47 Å². The molecule has 0 amide bonds. The number of ether oxygens (including phenoxy) is 2. The molecular formula is C40H62O6S2. The predicted octanol–water partition coefficient (Wildman–Crippen LogP) is 10.6. The SMILES string of the molecule is CCC(C)(C)c1cc(OC(=O)CCSCCSCCC(=O)Oc2cc(C(C)(C)CC)c(O)c(C(C)(C)CC)c2)cc(C(C)(C)CC)c1O. The van der Waals surface area contributed by atoms with Gasteiger partial charge in [0.2, 0.25) is 0 Å². The van der Waals surface area contributed by atoms with Gasteiger partial charge in [0.15, 0.2) is 0 Å². The van der Waals surface area contributed by atoms with E-state index >= 15 is 0 Å². The van der Waals surface area contributed by atoms with Crippen LogP contribution < -0.4 is 9.47 Å². The first-order valence-electron chi connectivity index (χ1n) is 17.6. The van der Waals surface area contributed by atoms with Crippen molar-refractivity contribution in [2.45, 2.75) is 143 Å². The number of esters is 2. The molecule has 270 valence electrons. The molecule has 0 fully saturated rings. The largest absolute Gasteiger partial charge is 0.507 e. The summed E-state index contributed by atoms with van der Waals surface area (Å²) in [4.78, 5) is 25.5. The Balaban J connectivity index is 1.86. The van der Waals surface area contributed by atoms with Gasteiger partial charge >= 0.3 is 11.9 Å². The molecule has 0 aliphatic heterocycles. The van der Waals surface area contributed by atoms with Crippen LogP contribution in [0.3, 0.4) is 0 Å². The minimum atomic E-state index is -0.283. The summed E-state index contributed by atoms with van der Waals surface area (Å²) in [7, 11) is 0. The van der Waals surface area contributed by atoms with Gasteiger partial charge in [-0.1, -0.05) is 83.1 Å². The van der Waals surface area contributed by atoms with Gasteiger partial charge in [-0.15, -0.1) is 0 Å². The number of hydrogen-bond donors (Lipinski definition) is 2. The van der Waals surface area contributed by atoms with Gasteiger partial charge < -0.3 is 19.7 Å². The Morgan fingerprint density at radius 1 is 0.521 bits per heavy atom. The smallest absolute Gasteiger partial charge is 0.312 e. The van der Waals surface area contributed by atoms with Gasteiger partial charge in [-0.2, -0.15) is 23.5 Å². The summed E-state index contributed by atoms with van der Waals surface area (Å²) in [6.07, 6.45) is 3.96. The Hall–Kier alpha value is -2.32. The molecule has 0 saturated heterocycles. The third-order valence-electron chi connectivity index (χ3n) is 10.4. The van der Waals surface area contributed by atoms with Crippen LogP contribution in [-0.4, -0.2) is 45.2 Å². The van der Waals surface area contributed by atoms with Gasteiger partial charge in [-0.05, 0) is 71.6 Å². The molecule has 6 nitrogen and oxygen atoms in total. The molecule has 0 atom stereocenters. The number of thioether (sulfide) groups is 2. The van der Waals surface area contributed by atoms with Gasteiger partial charge in [0.1, 0.15) is 23.0 Å². The Morgan fingerprint density at radius 3 is 1.00 bits per heavy atom. The molecule has 0 unspecified atom stereocenters. The van der Waals surface area contributed by atoms with Crippen molar-refractivity contribution < 1.29 is 29.3 Å². The number of aromatic hydroxyl groups is 2.